The third-order valence-corrected chi connectivity index (χ3v) is 6.75. The van der Waals surface area contributed by atoms with Gasteiger partial charge in [-0.25, -0.2) is 8.78 Å². The highest BCUT2D eigenvalue weighted by atomic mass is 35.5. The molecule has 7 nitrogen and oxygen atoms in total. The molecule has 2 fully saturated rings. The summed E-state index contributed by atoms with van der Waals surface area (Å²) in [4.78, 5) is 21.0. The van der Waals surface area contributed by atoms with Gasteiger partial charge in [0.05, 0.1) is 28.3 Å². The Morgan fingerprint density at radius 2 is 1.68 bits per heavy atom. The molecule has 4 N–H and O–H groups in total. The average molecular weight is 517 g/mol. The van der Waals surface area contributed by atoms with E-state index < -0.39 is 29.2 Å². The van der Waals surface area contributed by atoms with Crippen LogP contribution in [0.4, 0.5) is 8.78 Å². The molecule has 2 aliphatic rings. The predicted octanol–water partition coefficient (Wildman–Crippen LogP) is 3.62. The Balaban J connectivity index is 0.00000103. The minimum absolute atomic E-state index is 0.0213. The van der Waals surface area contributed by atoms with Crippen molar-refractivity contribution in [2.24, 2.45) is 11.1 Å². The lowest BCUT2D eigenvalue weighted by atomic mass is 9.83. The summed E-state index contributed by atoms with van der Waals surface area (Å²) in [7, 11) is 0. The highest BCUT2D eigenvalue weighted by Crippen LogP contribution is 2.56. The van der Waals surface area contributed by atoms with Gasteiger partial charge < -0.3 is 25.6 Å². The summed E-state index contributed by atoms with van der Waals surface area (Å²) in [6.07, 6.45) is 1.87. The minimum atomic E-state index is -0.764. The van der Waals surface area contributed by atoms with Crippen LogP contribution in [-0.2, 0) is 9.59 Å². The molecule has 2 aliphatic carbocycles. The van der Waals surface area contributed by atoms with Crippen molar-refractivity contribution in [3.63, 3.8) is 0 Å². The van der Waals surface area contributed by atoms with Crippen LogP contribution >= 0.6 is 23.2 Å². The van der Waals surface area contributed by atoms with Gasteiger partial charge in [0.15, 0.2) is 6.61 Å². The predicted molar refractivity (Wildman–Crippen MR) is 122 cm³/mol. The number of halogens is 4. The summed E-state index contributed by atoms with van der Waals surface area (Å²) < 4.78 is 38.2. The molecule has 0 radical (unpaired) electrons. The number of rotatable bonds is 7. The fourth-order valence-corrected chi connectivity index (χ4v) is 4.84. The van der Waals surface area contributed by atoms with Crippen LogP contribution in [0.2, 0.25) is 10.0 Å². The number of nitrogens with one attached hydrogen (secondary N) is 1. The topological polar surface area (TPSA) is 111 Å². The van der Waals surface area contributed by atoms with Gasteiger partial charge in [0.1, 0.15) is 23.1 Å². The maximum atomic E-state index is 13.6. The molecule has 11 heteroatoms. The first-order valence-electron chi connectivity index (χ1n) is 10.4. The van der Waals surface area contributed by atoms with Gasteiger partial charge in [0.2, 0.25) is 6.41 Å². The van der Waals surface area contributed by atoms with E-state index in [1.165, 1.54) is 24.3 Å². The number of amides is 2. The van der Waals surface area contributed by atoms with Gasteiger partial charge in [0.25, 0.3) is 5.91 Å². The second kappa shape index (κ2) is 10.8. The molecule has 2 bridgehead atoms. The first kappa shape index (κ1) is 26.0. The third-order valence-electron chi connectivity index (χ3n) is 6.14. The number of benzene rings is 2. The van der Waals surface area contributed by atoms with Gasteiger partial charge in [-0.1, -0.05) is 23.2 Å². The van der Waals surface area contributed by atoms with E-state index in [2.05, 4.69) is 11.1 Å². The van der Waals surface area contributed by atoms with E-state index in [0.29, 0.717) is 31.6 Å². The Bertz CT molecular complexity index is 1060. The van der Waals surface area contributed by atoms with E-state index >= 15 is 0 Å². The number of ether oxygens (including phenoxy) is 2. The van der Waals surface area contributed by atoms with Gasteiger partial charge in [0, 0.05) is 17.5 Å². The number of aliphatic hydroxyl groups excluding tert-OH is 1. The summed E-state index contributed by atoms with van der Waals surface area (Å²) in [5.41, 5.74) is 3.09. The molecular weight excluding hydrogens is 493 g/mol. The highest BCUT2D eigenvalue weighted by molar-refractivity contribution is 6.31. The quantitative estimate of drug-likeness (QED) is 0.486. The number of carbonyl (C=O) groups excluding carboxylic acids is 2. The van der Waals surface area contributed by atoms with Crippen LogP contribution in [-0.4, -0.2) is 42.3 Å². The van der Waals surface area contributed by atoms with Crippen LogP contribution < -0.4 is 20.5 Å². The maximum absolute atomic E-state index is 13.6. The number of fused-ring (bicyclic) bond motifs is 2. The molecule has 2 aromatic carbocycles. The minimum Gasteiger partial charge on any atom is -0.493 e. The summed E-state index contributed by atoms with van der Waals surface area (Å²) in [5.74, 6) is -1.05. The van der Waals surface area contributed by atoms with Crippen LogP contribution in [0.15, 0.2) is 36.4 Å². The number of nitrogens with two attached hydrogens (primary N) is 1. The summed E-state index contributed by atoms with van der Waals surface area (Å²) in [5, 5.41) is 13.6. The third kappa shape index (κ3) is 5.89. The van der Waals surface area contributed by atoms with Crippen molar-refractivity contribution < 1.29 is 33.0 Å². The Kier molecular flexibility index (Phi) is 8.22. The molecule has 3 atom stereocenters. The Morgan fingerprint density at radius 1 is 1.12 bits per heavy atom. The van der Waals surface area contributed by atoms with Gasteiger partial charge in [-0.05, 0) is 49.9 Å². The number of hydrogen-bond donors (Lipinski definition) is 3. The molecule has 184 valence electrons. The van der Waals surface area contributed by atoms with E-state index in [0.717, 1.165) is 12.5 Å². The van der Waals surface area contributed by atoms with Crippen molar-refractivity contribution in [1.82, 2.24) is 5.32 Å². The molecule has 0 spiro atoms. The lowest BCUT2D eigenvalue weighted by Gasteiger charge is -2.33. The Hall–Kier alpha value is -2.62. The van der Waals surface area contributed by atoms with E-state index in [1.807, 2.05) is 0 Å². The highest BCUT2D eigenvalue weighted by Gasteiger charge is 2.60. The van der Waals surface area contributed by atoms with Gasteiger partial charge in [-0.2, -0.15) is 0 Å². The molecule has 4 rings (SSSR count). The van der Waals surface area contributed by atoms with Crippen LogP contribution in [0.5, 0.6) is 11.5 Å². The number of carbonyl (C=O) groups is 2. The van der Waals surface area contributed by atoms with Crippen molar-refractivity contribution in [2.75, 3.05) is 13.2 Å². The summed E-state index contributed by atoms with van der Waals surface area (Å²) >= 11 is 11.3. The molecule has 0 heterocycles. The van der Waals surface area contributed by atoms with Crippen molar-refractivity contribution >= 4 is 35.5 Å². The van der Waals surface area contributed by atoms with Crippen molar-refractivity contribution in [3.05, 3.63) is 58.1 Å². The van der Waals surface area contributed by atoms with Crippen molar-refractivity contribution in [1.29, 1.82) is 0 Å². The van der Waals surface area contributed by atoms with E-state index in [-0.39, 0.29) is 34.2 Å². The summed E-state index contributed by atoms with van der Waals surface area (Å²) in [6, 6.07) is 8.18. The average Bonchev–Trinajstić information content (AvgIpc) is 3.28. The van der Waals surface area contributed by atoms with Crippen LogP contribution in [0.3, 0.4) is 0 Å². The van der Waals surface area contributed by atoms with Crippen molar-refractivity contribution in [3.8, 4) is 11.5 Å². The zero-order chi connectivity index (χ0) is 24.9. The van der Waals surface area contributed by atoms with E-state index in [9.17, 15) is 18.7 Å². The molecule has 2 aromatic rings. The molecule has 0 aliphatic heterocycles. The van der Waals surface area contributed by atoms with Gasteiger partial charge in [-0.15, -0.1) is 0 Å². The SMILES string of the molecule is NC=O.O=C(COc1ccc(Cl)c(F)c1)NC12CCC(COc3ccc(Cl)c(F)c3)(CC1O)C2. The van der Waals surface area contributed by atoms with Crippen LogP contribution in [0.25, 0.3) is 0 Å². The monoisotopic (exact) mass is 516 g/mol. The van der Waals surface area contributed by atoms with Crippen LogP contribution in [0.1, 0.15) is 25.7 Å². The van der Waals surface area contributed by atoms with Gasteiger partial charge in [-0.3, -0.25) is 9.59 Å². The lowest BCUT2D eigenvalue weighted by molar-refractivity contribution is -0.126. The number of aliphatic hydroxyl groups is 1. The smallest absolute Gasteiger partial charge is 0.258 e. The molecule has 0 saturated heterocycles. The molecule has 0 aromatic heterocycles. The molecule has 2 amide bonds. The molecule has 34 heavy (non-hydrogen) atoms. The maximum Gasteiger partial charge on any atom is 0.258 e. The van der Waals surface area contributed by atoms with Gasteiger partial charge >= 0.3 is 0 Å². The largest absolute Gasteiger partial charge is 0.493 e. The van der Waals surface area contributed by atoms with E-state index in [4.69, 9.17) is 37.5 Å². The second-order valence-corrected chi connectivity index (χ2v) is 9.28. The summed E-state index contributed by atoms with van der Waals surface area (Å²) in [6.45, 7) is -0.0214. The fourth-order valence-electron chi connectivity index (χ4n) is 4.60. The number of hydrogen-bond acceptors (Lipinski definition) is 5. The Labute approximate surface area is 205 Å². The first-order valence-corrected chi connectivity index (χ1v) is 11.2. The molecular formula is C23H24Cl2F2N2O5. The molecule has 2 saturated carbocycles. The number of primary amides is 1. The zero-order valence-corrected chi connectivity index (χ0v) is 19.5. The molecule has 3 unspecified atom stereocenters. The fraction of sp³-hybridized carbons (Fsp3) is 0.391. The second-order valence-electron chi connectivity index (χ2n) is 8.47. The lowest BCUT2D eigenvalue weighted by Crippen LogP contribution is -2.54. The first-order chi connectivity index (χ1) is 16.1. The Morgan fingerprint density at radius 3 is 2.21 bits per heavy atom. The van der Waals surface area contributed by atoms with Crippen LogP contribution in [0, 0.1) is 17.0 Å². The normalized spacial score (nSPS) is 24.7. The van der Waals surface area contributed by atoms with Crippen molar-refractivity contribution in [2.45, 2.75) is 37.3 Å². The standard InChI is InChI=1S/C22H21Cl2F2NO4.CH3NO/c23-15-3-1-13(7-17(15)25)30-10-20(29)27-22-6-5-21(11-22,9-19(22)28)12-31-14-2-4-16(24)18(26)8-14;2-1-3/h1-4,7-8,19,28H,5-6,9-12H2,(H,27,29);1H,(H2,2,3). The zero-order valence-electron chi connectivity index (χ0n) is 18.0. The van der Waals surface area contributed by atoms with E-state index in [1.54, 1.807) is 6.07 Å².